The van der Waals surface area contributed by atoms with Gasteiger partial charge in [-0.05, 0) is 31.5 Å². The second-order valence-corrected chi connectivity index (χ2v) is 4.78. The Bertz CT molecular complexity index is 579. The highest BCUT2D eigenvalue weighted by Gasteiger charge is 2.13. The SMILES string of the molecule is CCN(/C=C(/C#N)C(=O)Nc1cccc(Cl)c1C)CCO. The van der Waals surface area contributed by atoms with Gasteiger partial charge in [0.05, 0.1) is 6.61 Å². The molecule has 1 aromatic carbocycles. The Morgan fingerprint density at radius 3 is 2.86 bits per heavy atom. The molecule has 112 valence electrons. The van der Waals surface area contributed by atoms with E-state index in [1.807, 2.05) is 13.0 Å². The molecule has 1 aromatic rings. The van der Waals surface area contributed by atoms with Gasteiger partial charge in [-0.1, -0.05) is 17.7 Å². The number of carbonyl (C=O) groups is 1. The molecule has 2 N–H and O–H groups in total. The highest BCUT2D eigenvalue weighted by Crippen LogP contribution is 2.23. The van der Waals surface area contributed by atoms with E-state index in [4.69, 9.17) is 22.0 Å². The van der Waals surface area contributed by atoms with Crippen LogP contribution in [0.15, 0.2) is 30.0 Å². The lowest BCUT2D eigenvalue weighted by atomic mass is 10.2. The zero-order valence-electron chi connectivity index (χ0n) is 12.1. The van der Waals surface area contributed by atoms with E-state index >= 15 is 0 Å². The molecule has 1 rings (SSSR count). The molecule has 0 aromatic heterocycles. The summed E-state index contributed by atoms with van der Waals surface area (Å²) in [6, 6.07) is 7.05. The Kier molecular flexibility index (Phi) is 6.73. The van der Waals surface area contributed by atoms with Crippen LogP contribution in [0.4, 0.5) is 5.69 Å². The number of aliphatic hydroxyl groups excluding tert-OH is 1. The monoisotopic (exact) mass is 307 g/mol. The van der Waals surface area contributed by atoms with Crippen LogP contribution in [0.3, 0.4) is 0 Å². The zero-order chi connectivity index (χ0) is 15.8. The van der Waals surface area contributed by atoms with E-state index in [0.29, 0.717) is 23.8 Å². The Morgan fingerprint density at radius 2 is 2.29 bits per heavy atom. The van der Waals surface area contributed by atoms with Crippen molar-refractivity contribution in [3.05, 3.63) is 40.6 Å². The van der Waals surface area contributed by atoms with E-state index in [2.05, 4.69) is 5.32 Å². The first kappa shape index (κ1) is 17.0. The number of anilines is 1. The van der Waals surface area contributed by atoms with E-state index in [9.17, 15) is 4.79 Å². The molecule has 0 fully saturated rings. The van der Waals surface area contributed by atoms with Gasteiger partial charge in [0.25, 0.3) is 5.91 Å². The van der Waals surface area contributed by atoms with Gasteiger partial charge >= 0.3 is 0 Å². The minimum atomic E-state index is -0.501. The number of nitriles is 1. The van der Waals surface area contributed by atoms with Crippen LogP contribution >= 0.6 is 11.6 Å². The molecule has 0 bridgehead atoms. The maximum absolute atomic E-state index is 12.1. The first-order chi connectivity index (χ1) is 10.0. The molecule has 0 aliphatic rings. The first-order valence-electron chi connectivity index (χ1n) is 6.56. The molecule has 1 amide bonds. The van der Waals surface area contributed by atoms with Crippen molar-refractivity contribution >= 4 is 23.2 Å². The zero-order valence-corrected chi connectivity index (χ0v) is 12.8. The summed E-state index contributed by atoms with van der Waals surface area (Å²) in [5, 5.41) is 21.3. The minimum Gasteiger partial charge on any atom is -0.395 e. The molecule has 5 nitrogen and oxygen atoms in total. The molecule has 6 heteroatoms. The molecule has 0 unspecified atom stereocenters. The van der Waals surface area contributed by atoms with Crippen molar-refractivity contribution in [1.29, 1.82) is 5.26 Å². The number of likely N-dealkylation sites (N-methyl/N-ethyl adjacent to an activating group) is 1. The van der Waals surface area contributed by atoms with E-state index in [-0.39, 0.29) is 12.2 Å². The van der Waals surface area contributed by atoms with Gasteiger partial charge in [-0.3, -0.25) is 4.79 Å². The molecular weight excluding hydrogens is 290 g/mol. The van der Waals surface area contributed by atoms with Crippen molar-refractivity contribution in [2.75, 3.05) is 25.0 Å². The van der Waals surface area contributed by atoms with Gasteiger partial charge in [-0.15, -0.1) is 0 Å². The number of benzene rings is 1. The minimum absolute atomic E-state index is 0.0234. The van der Waals surface area contributed by atoms with Crippen LogP contribution < -0.4 is 5.32 Å². The second-order valence-electron chi connectivity index (χ2n) is 4.37. The highest BCUT2D eigenvalue weighted by molar-refractivity contribution is 6.31. The van der Waals surface area contributed by atoms with E-state index in [1.54, 1.807) is 30.0 Å². The first-order valence-corrected chi connectivity index (χ1v) is 6.94. The molecule has 0 aliphatic heterocycles. The number of rotatable bonds is 6. The van der Waals surface area contributed by atoms with E-state index in [1.165, 1.54) is 6.20 Å². The van der Waals surface area contributed by atoms with Crippen molar-refractivity contribution in [1.82, 2.24) is 4.90 Å². The standard InChI is InChI=1S/C15H18ClN3O2/c1-3-19(7-8-20)10-12(9-17)15(21)18-14-6-4-5-13(16)11(14)2/h4-6,10,20H,3,7-8H2,1-2H3,(H,18,21)/b12-10-. The number of nitrogens with one attached hydrogen (secondary N) is 1. The number of hydrogen-bond acceptors (Lipinski definition) is 4. The van der Waals surface area contributed by atoms with Crippen molar-refractivity contribution in [2.45, 2.75) is 13.8 Å². The molecular formula is C15H18ClN3O2. The number of aliphatic hydroxyl groups is 1. The van der Waals surface area contributed by atoms with Crippen LogP contribution in [-0.4, -0.2) is 35.6 Å². The van der Waals surface area contributed by atoms with Crippen molar-refractivity contribution in [2.24, 2.45) is 0 Å². The summed E-state index contributed by atoms with van der Waals surface area (Å²) in [5.74, 6) is -0.501. The normalized spacial score (nSPS) is 10.9. The van der Waals surface area contributed by atoms with Gasteiger partial charge < -0.3 is 15.3 Å². The molecule has 0 radical (unpaired) electrons. The summed E-state index contributed by atoms with van der Waals surface area (Å²) in [7, 11) is 0. The van der Waals surface area contributed by atoms with Crippen LogP contribution in [0.25, 0.3) is 0 Å². The van der Waals surface area contributed by atoms with Crippen LogP contribution in [0.1, 0.15) is 12.5 Å². The Balaban J connectivity index is 2.92. The number of amides is 1. The fourth-order valence-corrected chi connectivity index (χ4v) is 1.87. The maximum atomic E-state index is 12.1. The van der Waals surface area contributed by atoms with Crippen molar-refractivity contribution < 1.29 is 9.90 Å². The van der Waals surface area contributed by atoms with Crippen molar-refractivity contribution in [3.63, 3.8) is 0 Å². The molecule has 0 saturated heterocycles. The molecule has 21 heavy (non-hydrogen) atoms. The molecule has 0 saturated carbocycles. The van der Waals surface area contributed by atoms with E-state index in [0.717, 1.165) is 5.56 Å². The number of hydrogen-bond donors (Lipinski definition) is 2. The fraction of sp³-hybridized carbons (Fsp3) is 0.333. The van der Waals surface area contributed by atoms with Gasteiger partial charge in [0.15, 0.2) is 0 Å². The van der Waals surface area contributed by atoms with Crippen LogP contribution in [0, 0.1) is 18.3 Å². The average molecular weight is 308 g/mol. The third-order valence-electron chi connectivity index (χ3n) is 2.99. The Hall–Kier alpha value is -2.03. The van der Waals surface area contributed by atoms with Gasteiger partial charge in [0.2, 0.25) is 0 Å². The van der Waals surface area contributed by atoms with Crippen molar-refractivity contribution in [3.8, 4) is 6.07 Å². The van der Waals surface area contributed by atoms with E-state index < -0.39 is 5.91 Å². The van der Waals surface area contributed by atoms with Gasteiger partial charge in [-0.25, -0.2) is 0 Å². The Labute approximate surface area is 129 Å². The summed E-state index contributed by atoms with van der Waals surface area (Å²) >= 11 is 5.99. The number of nitrogens with zero attached hydrogens (tertiary/aromatic N) is 2. The molecule has 0 spiro atoms. The smallest absolute Gasteiger partial charge is 0.267 e. The molecule has 0 heterocycles. The van der Waals surface area contributed by atoms with Gasteiger partial charge in [-0.2, -0.15) is 5.26 Å². The third kappa shape index (κ3) is 4.78. The number of halogens is 1. The predicted molar refractivity (Wildman–Crippen MR) is 82.8 cm³/mol. The quantitative estimate of drug-likeness (QED) is 0.624. The fourth-order valence-electron chi connectivity index (χ4n) is 1.70. The summed E-state index contributed by atoms with van der Waals surface area (Å²) < 4.78 is 0. The van der Waals surface area contributed by atoms with Crippen LogP contribution in [0.5, 0.6) is 0 Å². The lowest BCUT2D eigenvalue weighted by molar-refractivity contribution is -0.112. The molecule has 0 atom stereocenters. The summed E-state index contributed by atoms with van der Waals surface area (Å²) in [4.78, 5) is 13.8. The largest absolute Gasteiger partial charge is 0.395 e. The third-order valence-corrected chi connectivity index (χ3v) is 3.40. The number of carbonyl (C=O) groups excluding carboxylic acids is 1. The summed E-state index contributed by atoms with van der Waals surface area (Å²) in [6.07, 6.45) is 1.45. The maximum Gasteiger partial charge on any atom is 0.267 e. The summed E-state index contributed by atoms with van der Waals surface area (Å²) in [6.45, 7) is 4.58. The van der Waals surface area contributed by atoms with Gasteiger partial charge in [0.1, 0.15) is 11.6 Å². The van der Waals surface area contributed by atoms with Gasteiger partial charge in [0, 0.05) is 30.0 Å². The lowest BCUT2D eigenvalue weighted by Gasteiger charge is -2.17. The Morgan fingerprint density at radius 1 is 1.57 bits per heavy atom. The van der Waals surface area contributed by atoms with Crippen LogP contribution in [0.2, 0.25) is 5.02 Å². The predicted octanol–water partition coefficient (Wildman–Crippen LogP) is 2.31. The highest BCUT2D eigenvalue weighted by atomic mass is 35.5. The second kappa shape index (κ2) is 8.30. The average Bonchev–Trinajstić information content (AvgIpc) is 2.48. The van der Waals surface area contributed by atoms with Crippen LogP contribution in [-0.2, 0) is 4.79 Å². The molecule has 0 aliphatic carbocycles. The lowest BCUT2D eigenvalue weighted by Crippen LogP contribution is -2.24. The topological polar surface area (TPSA) is 76.4 Å². The summed E-state index contributed by atoms with van der Waals surface area (Å²) in [5.41, 5.74) is 1.29.